The highest BCUT2D eigenvalue weighted by molar-refractivity contribution is 7.00. The van der Waals surface area contributed by atoms with Crippen LogP contribution in [0.15, 0.2) is 127 Å². The van der Waals surface area contributed by atoms with Crippen molar-refractivity contribution in [3.8, 4) is 0 Å². The van der Waals surface area contributed by atoms with Crippen LogP contribution in [0.4, 0.5) is 51.2 Å². The van der Waals surface area contributed by atoms with E-state index in [1.54, 1.807) is 0 Å². The van der Waals surface area contributed by atoms with E-state index in [9.17, 15) is 0 Å². The molecule has 0 aromatic heterocycles. The summed E-state index contributed by atoms with van der Waals surface area (Å²) >= 11 is 0. The standard InChI is InChI=1S/C72H84BN3/c1-45-37-63-65-64(38-45)76(60-43-56-53(39-46(60)2)68(8,9)33-35-71(56,14)15)61-41-51(74(48-21-19-18-20-22-48)49-25-23-47(24-26-49)66(3,4)5)28-30-58(61)73(65)59-42-55-57(72(16,17)36-34-70(55,12)13)44-62(59)75(63)50-27-29-52-54(40-50)69(10,11)32-31-67(52,6)7/h18-30,37-44H,31-36H2,1-17H3. The second-order valence-corrected chi connectivity index (χ2v) is 29.2. The number of rotatable bonds is 5. The highest BCUT2D eigenvalue weighted by Crippen LogP contribution is 2.55. The van der Waals surface area contributed by atoms with E-state index >= 15 is 0 Å². The van der Waals surface area contributed by atoms with Gasteiger partial charge in [0.2, 0.25) is 0 Å². The summed E-state index contributed by atoms with van der Waals surface area (Å²) in [6.07, 6.45) is 7.06. The van der Waals surface area contributed by atoms with Gasteiger partial charge in [-0.05, 0) is 230 Å². The fraction of sp³-hybridized carbons (Fsp3) is 0.417. The van der Waals surface area contributed by atoms with E-state index in [1.807, 2.05) is 0 Å². The molecule has 0 atom stereocenters. The fourth-order valence-corrected chi connectivity index (χ4v) is 14.7. The van der Waals surface area contributed by atoms with Crippen LogP contribution < -0.4 is 31.1 Å². The lowest BCUT2D eigenvalue weighted by Gasteiger charge is -2.48. The molecular weight excluding hydrogens is 918 g/mol. The van der Waals surface area contributed by atoms with Crippen molar-refractivity contribution in [3.63, 3.8) is 0 Å². The maximum absolute atomic E-state index is 2.72. The Kier molecular flexibility index (Phi) is 11.2. The predicted molar refractivity (Wildman–Crippen MR) is 329 cm³/mol. The van der Waals surface area contributed by atoms with Crippen LogP contribution in [-0.2, 0) is 37.9 Å². The number of fused-ring (bicyclic) bond motifs is 7. The van der Waals surface area contributed by atoms with Gasteiger partial charge >= 0.3 is 0 Å². The summed E-state index contributed by atoms with van der Waals surface area (Å²) in [6.45, 7) is 41.4. The zero-order valence-electron chi connectivity index (χ0n) is 49.3. The average Bonchev–Trinajstić information content (AvgIpc) is 3.45. The van der Waals surface area contributed by atoms with E-state index in [-0.39, 0.29) is 44.6 Å². The first-order valence-corrected chi connectivity index (χ1v) is 28.9. The molecule has 0 unspecified atom stereocenters. The Morgan fingerprint density at radius 1 is 0.395 bits per heavy atom. The maximum Gasteiger partial charge on any atom is 0.252 e. The normalized spacial score (nSPS) is 19.6. The highest BCUT2D eigenvalue weighted by atomic mass is 15.2. The third-order valence-electron chi connectivity index (χ3n) is 19.9. The average molecular weight is 1000 g/mol. The molecule has 0 amide bonds. The van der Waals surface area contributed by atoms with Gasteiger partial charge in [-0.1, -0.05) is 158 Å². The van der Waals surface area contributed by atoms with E-state index in [0.29, 0.717) is 0 Å². The van der Waals surface area contributed by atoms with Gasteiger partial charge in [0.05, 0.1) is 0 Å². The van der Waals surface area contributed by atoms with E-state index < -0.39 is 0 Å². The monoisotopic (exact) mass is 1000 g/mol. The smallest absolute Gasteiger partial charge is 0.252 e. The molecule has 0 fully saturated rings. The van der Waals surface area contributed by atoms with Gasteiger partial charge in [0, 0.05) is 51.2 Å². The van der Waals surface area contributed by atoms with E-state index in [1.165, 1.54) is 133 Å². The largest absolute Gasteiger partial charge is 0.311 e. The molecule has 390 valence electrons. The van der Waals surface area contributed by atoms with Crippen molar-refractivity contribution in [2.24, 2.45) is 0 Å². The quantitative estimate of drug-likeness (QED) is 0.159. The third kappa shape index (κ3) is 7.87. The van der Waals surface area contributed by atoms with Crippen LogP contribution in [0.3, 0.4) is 0 Å². The lowest BCUT2D eigenvalue weighted by molar-refractivity contribution is 0.332. The Morgan fingerprint density at radius 3 is 1.42 bits per heavy atom. The van der Waals surface area contributed by atoms with Gasteiger partial charge in [0.1, 0.15) is 0 Å². The number of para-hydroxylation sites is 1. The van der Waals surface area contributed by atoms with Gasteiger partial charge in [-0.25, -0.2) is 0 Å². The van der Waals surface area contributed by atoms with Crippen molar-refractivity contribution in [1.82, 2.24) is 0 Å². The molecule has 3 aliphatic carbocycles. The summed E-state index contributed by atoms with van der Waals surface area (Å²) in [5.74, 6) is 0. The molecule has 7 aromatic carbocycles. The fourth-order valence-electron chi connectivity index (χ4n) is 14.7. The third-order valence-corrected chi connectivity index (χ3v) is 19.9. The number of nitrogens with zero attached hydrogens (tertiary/aromatic N) is 3. The second-order valence-electron chi connectivity index (χ2n) is 29.2. The van der Waals surface area contributed by atoms with E-state index in [4.69, 9.17) is 0 Å². The van der Waals surface area contributed by atoms with Gasteiger partial charge in [0.15, 0.2) is 0 Å². The first-order chi connectivity index (χ1) is 35.6. The van der Waals surface area contributed by atoms with Crippen molar-refractivity contribution < 1.29 is 0 Å². The molecule has 2 heterocycles. The Balaban J connectivity index is 1.18. The maximum atomic E-state index is 2.72. The van der Waals surface area contributed by atoms with Crippen molar-refractivity contribution >= 4 is 74.3 Å². The molecular formula is C72H84BN3. The number of hydrogen-bond acceptors (Lipinski definition) is 3. The molecule has 4 heteroatoms. The first-order valence-electron chi connectivity index (χ1n) is 28.9. The molecule has 0 radical (unpaired) electrons. The van der Waals surface area contributed by atoms with Gasteiger partial charge in [-0.3, -0.25) is 0 Å². The number of benzene rings is 7. The molecule has 0 bridgehead atoms. The van der Waals surface area contributed by atoms with E-state index in [2.05, 4.69) is 260 Å². The van der Waals surface area contributed by atoms with Crippen molar-refractivity contribution in [2.45, 2.75) is 194 Å². The molecule has 5 aliphatic rings. The minimum atomic E-state index is 0.000780. The topological polar surface area (TPSA) is 9.72 Å². The van der Waals surface area contributed by atoms with Crippen LogP contribution in [0.2, 0.25) is 0 Å². The SMILES string of the molecule is Cc1cc2c3c(c1)N(c1cc4c(cc1C)C(C)(C)CCC4(C)C)c1cc(N(c4ccccc4)c4ccc(C(C)(C)C)cc4)ccc1B3c1cc3c(cc1N2c1ccc2c(c1)C(C)(C)CCC2(C)C)C(C)(C)CCC3(C)C. The Bertz CT molecular complexity index is 3510. The van der Waals surface area contributed by atoms with Gasteiger partial charge < -0.3 is 14.7 Å². The summed E-state index contributed by atoms with van der Waals surface area (Å²) in [5.41, 5.74) is 28.7. The van der Waals surface area contributed by atoms with Crippen molar-refractivity contribution in [2.75, 3.05) is 14.7 Å². The van der Waals surface area contributed by atoms with Gasteiger partial charge in [-0.2, -0.15) is 0 Å². The van der Waals surface area contributed by atoms with Crippen molar-refractivity contribution in [3.05, 3.63) is 177 Å². The Hall–Kier alpha value is -6.00. The van der Waals surface area contributed by atoms with Crippen molar-refractivity contribution in [1.29, 1.82) is 0 Å². The number of aryl methyl sites for hydroxylation is 2. The van der Waals surface area contributed by atoms with Gasteiger partial charge in [0.25, 0.3) is 6.71 Å². The predicted octanol–water partition coefficient (Wildman–Crippen LogP) is 18.2. The molecule has 0 saturated heterocycles. The summed E-state index contributed by atoms with van der Waals surface area (Å²) in [7, 11) is 0. The first kappa shape index (κ1) is 50.8. The molecule has 76 heavy (non-hydrogen) atoms. The van der Waals surface area contributed by atoms with Crippen LogP contribution in [0.5, 0.6) is 0 Å². The molecule has 0 spiro atoms. The van der Waals surface area contributed by atoms with Crippen LogP contribution in [0.1, 0.15) is 192 Å². The summed E-state index contributed by atoms with van der Waals surface area (Å²) in [5, 5.41) is 0. The zero-order valence-corrected chi connectivity index (χ0v) is 49.3. The van der Waals surface area contributed by atoms with Crippen LogP contribution in [0, 0.1) is 13.8 Å². The summed E-state index contributed by atoms with van der Waals surface area (Å²) in [4.78, 5) is 7.91. The molecule has 3 nitrogen and oxygen atoms in total. The Labute approximate surface area is 458 Å². The zero-order chi connectivity index (χ0) is 54.0. The van der Waals surface area contributed by atoms with Gasteiger partial charge in [-0.15, -0.1) is 0 Å². The molecule has 0 saturated carbocycles. The summed E-state index contributed by atoms with van der Waals surface area (Å²) < 4.78 is 0. The molecule has 12 rings (SSSR count). The molecule has 7 aromatic rings. The lowest BCUT2D eigenvalue weighted by Crippen LogP contribution is -2.62. The second kappa shape index (κ2) is 16.8. The van der Waals surface area contributed by atoms with Crippen LogP contribution in [-0.4, -0.2) is 6.71 Å². The lowest BCUT2D eigenvalue weighted by atomic mass is 9.33. The summed E-state index contributed by atoms with van der Waals surface area (Å²) in [6, 6.07) is 51.0. The van der Waals surface area contributed by atoms with Crippen LogP contribution >= 0.6 is 0 Å². The minimum absolute atomic E-state index is 0.000780. The highest BCUT2D eigenvalue weighted by Gasteiger charge is 2.48. The minimum Gasteiger partial charge on any atom is -0.311 e. The number of hydrogen-bond donors (Lipinski definition) is 0. The van der Waals surface area contributed by atoms with Crippen LogP contribution in [0.25, 0.3) is 0 Å². The van der Waals surface area contributed by atoms with E-state index in [0.717, 1.165) is 23.5 Å². The molecule has 0 N–H and O–H groups in total. The molecule has 2 aliphatic heterocycles. The Morgan fingerprint density at radius 2 is 0.855 bits per heavy atom. The number of anilines is 9.